The summed E-state index contributed by atoms with van der Waals surface area (Å²) in [5.41, 5.74) is 2.52. The lowest BCUT2D eigenvalue weighted by Gasteiger charge is -2.12. The number of fused-ring (bicyclic) bond motifs is 1. The minimum absolute atomic E-state index is 0.431. The van der Waals surface area contributed by atoms with Crippen LogP contribution >= 0.6 is 11.6 Å². The summed E-state index contributed by atoms with van der Waals surface area (Å²) in [6.07, 6.45) is 7.20. The van der Waals surface area contributed by atoms with Crippen molar-refractivity contribution in [2.45, 2.75) is 18.8 Å². The van der Waals surface area contributed by atoms with Crippen LogP contribution in [0.15, 0.2) is 24.8 Å². The molecular formula is C14H12ClN5O. The Balaban J connectivity index is 2.04. The Morgan fingerprint density at radius 3 is 2.95 bits per heavy atom. The summed E-state index contributed by atoms with van der Waals surface area (Å²) in [7, 11) is 1.59. The van der Waals surface area contributed by atoms with E-state index in [0.29, 0.717) is 17.0 Å². The number of rotatable bonds is 3. The second kappa shape index (κ2) is 4.66. The van der Waals surface area contributed by atoms with Crippen molar-refractivity contribution in [3.05, 3.63) is 35.6 Å². The van der Waals surface area contributed by atoms with Gasteiger partial charge in [0.1, 0.15) is 12.0 Å². The molecule has 1 aliphatic rings. The zero-order chi connectivity index (χ0) is 14.4. The van der Waals surface area contributed by atoms with Crippen LogP contribution in [0, 0.1) is 0 Å². The Bertz CT molecular complexity index is 827. The average molecular weight is 302 g/mol. The maximum absolute atomic E-state index is 6.23. The molecule has 1 aliphatic carbocycles. The lowest BCUT2D eigenvalue weighted by Crippen LogP contribution is -2.07. The van der Waals surface area contributed by atoms with Crippen LogP contribution in [0.3, 0.4) is 0 Å². The van der Waals surface area contributed by atoms with E-state index in [4.69, 9.17) is 16.3 Å². The quantitative estimate of drug-likeness (QED) is 0.744. The molecule has 0 unspecified atom stereocenters. The fourth-order valence-corrected chi connectivity index (χ4v) is 2.71. The SMILES string of the molecule is COc1ncnc(C2CC2)c1-n1nc(Cl)c2ccncc21. The fraction of sp³-hybridized carbons (Fsp3) is 0.286. The predicted octanol–water partition coefficient (Wildman–Crippen LogP) is 2.75. The molecule has 0 atom stereocenters. The van der Waals surface area contributed by atoms with Gasteiger partial charge >= 0.3 is 0 Å². The van der Waals surface area contributed by atoms with Crippen molar-refractivity contribution in [1.29, 1.82) is 0 Å². The number of halogens is 1. The van der Waals surface area contributed by atoms with Gasteiger partial charge in [0.15, 0.2) is 5.15 Å². The molecule has 3 heterocycles. The third kappa shape index (κ3) is 1.94. The van der Waals surface area contributed by atoms with Gasteiger partial charge in [-0.25, -0.2) is 9.67 Å². The zero-order valence-electron chi connectivity index (χ0n) is 11.3. The summed E-state index contributed by atoms with van der Waals surface area (Å²) < 4.78 is 7.13. The molecule has 7 heteroatoms. The maximum Gasteiger partial charge on any atom is 0.243 e. The van der Waals surface area contributed by atoms with Gasteiger partial charge in [-0.2, -0.15) is 10.1 Å². The normalized spacial score (nSPS) is 14.6. The van der Waals surface area contributed by atoms with E-state index in [-0.39, 0.29) is 0 Å². The minimum Gasteiger partial charge on any atom is -0.479 e. The molecule has 0 amide bonds. The van der Waals surface area contributed by atoms with Gasteiger partial charge in [-0.3, -0.25) is 4.98 Å². The van der Waals surface area contributed by atoms with Gasteiger partial charge < -0.3 is 4.74 Å². The largest absolute Gasteiger partial charge is 0.479 e. The molecule has 1 saturated carbocycles. The van der Waals surface area contributed by atoms with Crippen LogP contribution in [0.25, 0.3) is 16.6 Å². The number of pyridine rings is 1. The van der Waals surface area contributed by atoms with Crippen molar-refractivity contribution in [2.24, 2.45) is 0 Å². The Morgan fingerprint density at radius 2 is 2.19 bits per heavy atom. The highest BCUT2D eigenvalue weighted by molar-refractivity contribution is 6.34. The molecule has 0 N–H and O–H groups in total. The van der Waals surface area contributed by atoms with E-state index >= 15 is 0 Å². The van der Waals surface area contributed by atoms with E-state index < -0.39 is 0 Å². The molecule has 0 saturated heterocycles. The zero-order valence-corrected chi connectivity index (χ0v) is 12.1. The van der Waals surface area contributed by atoms with Crippen molar-refractivity contribution < 1.29 is 4.74 Å². The maximum atomic E-state index is 6.23. The van der Waals surface area contributed by atoms with Crippen molar-refractivity contribution in [3.63, 3.8) is 0 Å². The summed E-state index contributed by atoms with van der Waals surface area (Å²) >= 11 is 6.23. The Hall–Kier alpha value is -2.21. The van der Waals surface area contributed by atoms with Crippen molar-refractivity contribution in [3.8, 4) is 11.6 Å². The first kappa shape index (κ1) is 12.5. The first-order valence-electron chi connectivity index (χ1n) is 6.67. The van der Waals surface area contributed by atoms with E-state index in [1.165, 1.54) is 6.33 Å². The molecule has 3 aromatic heterocycles. The van der Waals surface area contributed by atoms with Gasteiger partial charge in [-0.05, 0) is 18.9 Å². The molecule has 3 aromatic rings. The molecule has 6 nitrogen and oxygen atoms in total. The third-order valence-electron chi connectivity index (χ3n) is 3.62. The molecule has 0 aromatic carbocycles. The highest BCUT2D eigenvalue weighted by Gasteiger charge is 2.31. The van der Waals surface area contributed by atoms with Crippen LogP contribution in [-0.4, -0.2) is 31.8 Å². The van der Waals surface area contributed by atoms with Crippen LogP contribution in [0.4, 0.5) is 0 Å². The molecule has 0 bridgehead atoms. The van der Waals surface area contributed by atoms with E-state index in [9.17, 15) is 0 Å². The van der Waals surface area contributed by atoms with Crippen LogP contribution in [0.5, 0.6) is 5.88 Å². The second-order valence-corrected chi connectivity index (χ2v) is 5.34. The van der Waals surface area contributed by atoms with Crippen LogP contribution in [0.1, 0.15) is 24.5 Å². The van der Waals surface area contributed by atoms with Gasteiger partial charge in [0.25, 0.3) is 0 Å². The number of aromatic nitrogens is 5. The second-order valence-electron chi connectivity index (χ2n) is 4.99. The molecule has 1 fully saturated rings. The fourth-order valence-electron chi connectivity index (χ4n) is 2.47. The monoisotopic (exact) mass is 301 g/mol. The first-order chi connectivity index (χ1) is 10.3. The Labute approximate surface area is 125 Å². The Kier molecular flexibility index (Phi) is 2.78. The van der Waals surface area contributed by atoms with Crippen LogP contribution in [0.2, 0.25) is 5.15 Å². The van der Waals surface area contributed by atoms with Crippen LogP contribution < -0.4 is 4.74 Å². The molecule has 0 aliphatic heterocycles. The summed E-state index contributed by atoms with van der Waals surface area (Å²) in [5.74, 6) is 0.934. The van der Waals surface area contributed by atoms with E-state index in [1.54, 1.807) is 24.2 Å². The summed E-state index contributed by atoms with van der Waals surface area (Å²) in [6, 6.07) is 1.84. The van der Waals surface area contributed by atoms with Crippen molar-refractivity contribution in [1.82, 2.24) is 24.7 Å². The summed E-state index contributed by atoms with van der Waals surface area (Å²) in [6.45, 7) is 0. The van der Waals surface area contributed by atoms with Gasteiger partial charge in [0, 0.05) is 17.5 Å². The van der Waals surface area contributed by atoms with Gasteiger partial charge in [-0.1, -0.05) is 11.6 Å². The third-order valence-corrected chi connectivity index (χ3v) is 3.90. The van der Waals surface area contributed by atoms with E-state index in [0.717, 1.165) is 35.1 Å². The molecule has 0 radical (unpaired) electrons. The molecule has 0 spiro atoms. The minimum atomic E-state index is 0.431. The standard InChI is InChI=1S/C14H12ClN5O/c1-21-14-12(11(8-2-3-8)17-7-18-14)20-10-6-16-5-4-9(10)13(15)19-20/h4-8H,2-3H2,1H3. The van der Waals surface area contributed by atoms with Gasteiger partial charge in [0.2, 0.25) is 5.88 Å². The molecule has 106 valence electrons. The lowest BCUT2D eigenvalue weighted by molar-refractivity contribution is 0.393. The van der Waals surface area contributed by atoms with Gasteiger partial charge in [-0.15, -0.1) is 0 Å². The van der Waals surface area contributed by atoms with E-state index in [2.05, 4.69) is 20.1 Å². The molecule has 21 heavy (non-hydrogen) atoms. The number of methoxy groups -OCH3 is 1. The molecule has 4 rings (SSSR count). The summed E-state index contributed by atoms with van der Waals surface area (Å²) in [4.78, 5) is 12.8. The summed E-state index contributed by atoms with van der Waals surface area (Å²) in [5, 5.41) is 5.70. The number of hydrogen-bond donors (Lipinski definition) is 0. The number of hydrogen-bond acceptors (Lipinski definition) is 5. The highest BCUT2D eigenvalue weighted by atomic mass is 35.5. The first-order valence-corrected chi connectivity index (χ1v) is 7.05. The van der Waals surface area contributed by atoms with Crippen molar-refractivity contribution in [2.75, 3.05) is 7.11 Å². The van der Waals surface area contributed by atoms with Crippen LogP contribution in [-0.2, 0) is 0 Å². The Morgan fingerprint density at radius 1 is 1.33 bits per heavy atom. The predicted molar refractivity (Wildman–Crippen MR) is 78.0 cm³/mol. The van der Waals surface area contributed by atoms with Gasteiger partial charge in [0.05, 0.1) is 24.5 Å². The van der Waals surface area contributed by atoms with E-state index in [1.807, 2.05) is 6.07 Å². The highest BCUT2D eigenvalue weighted by Crippen LogP contribution is 2.43. The smallest absolute Gasteiger partial charge is 0.243 e. The number of ether oxygens (including phenoxy) is 1. The topological polar surface area (TPSA) is 65.7 Å². The lowest BCUT2D eigenvalue weighted by atomic mass is 10.2. The number of nitrogens with zero attached hydrogens (tertiary/aromatic N) is 5. The van der Waals surface area contributed by atoms with Crippen molar-refractivity contribution >= 4 is 22.5 Å². The molecular weight excluding hydrogens is 290 g/mol. The average Bonchev–Trinajstić information content (AvgIpc) is 3.32.